The predicted molar refractivity (Wildman–Crippen MR) is 56.7 cm³/mol. The van der Waals surface area contributed by atoms with Crippen LogP contribution in [0.4, 0.5) is 14.6 Å². The van der Waals surface area contributed by atoms with Crippen LogP contribution in [-0.4, -0.2) is 11.5 Å². The molecule has 4 heteroatoms. The summed E-state index contributed by atoms with van der Waals surface area (Å²) in [4.78, 5) is 3.63. The van der Waals surface area contributed by atoms with E-state index in [9.17, 15) is 8.78 Å². The average molecular weight is 214 g/mol. The van der Waals surface area contributed by atoms with Crippen molar-refractivity contribution in [2.45, 2.75) is 26.7 Å². The first-order valence-corrected chi connectivity index (χ1v) is 5.14. The van der Waals surface area contributed by atoms with E-state index in [0.717, 1.165) is 25.1 Å². The maximum Gasteiger partial charge on any atom is 0.168 e. The minimum atomic E-state index is -0.653. The quantitative estimate of drug-likeness (QED) is 0.761. The van der Waals surface area contributed by atoms with Crippen LogP contribution in [0.25, 0.3) is 0 Å². The molecule has 0 aromatic carbocycles. The molecule has 0 aliphatic heterocycles. The number of pyridine rings is 1. The highest BCUT2D eigenvalue weighted by Gasteiger charge is 2.04. The summed E-state index contributed by atoms with van der Waals surface area (Å²) in [6.07, 6.45) is 3.04. The van der Waals surface area contributed by atoms with Gasteiger partial charge in [-0.3, -0.25) is 0 Å². The number of aromatic nitrogens is 1. The van der Waals surface area contributed by atoms with Gasteiger partial charge in [0.25, 0.3) is 0 Å². The molecule has 0 amide bonds. The van der Waals surface area contributed by atoms with Gasteiger partial charge in [0, 0.05) is 12.6 Å². The van der Waals surface area contributed by atoms with Crippen LogP contribution in [0.2, 0.25) is 0 Å². The Hall–Kier alpha value is -1.19. The van der Waals surface area contributed by atoms with Gasteiger partial charge in [0.1, 0.15) is 5.82 Å². The first kappa shape index (κ1) is 11.9. The van der Waals surface area contributed by atoms with Crippen LogP contribution in [0.5, 0.6) is 0 Å². The van der Waals surface area contributed by atoms with E-state index in [1.807, 2.05) is 0 Å². The first-order valence-electron chi connectivity index (χ1n) is 5.14. The van der Waals surface area contributed by atoms with Crippen LogP contribution in [0.1, 0.15) is 26.7 Å². The maximum atomic E-state index is 13.1. The molecule has 84 valence electrons. The minimum Gasteiger partial charge on any atom is -0.368 e. The third-order valence-corrected chi connectivity index (χ3v) is 2.06. The van der Waals surface area contributed by atoms with Crippen molar-refractivity contribution in [3.63, 3.8) is 0 Å². The van der Waals surface area contributed by atoms with Crippen LogP contribution >= 0.6 is 0 Å². The second-order valence-corrected chi connectivity index (χ2v) is 3.95. The van der Waals surface area contributed by atoms with Crippen molar-refractivity contribution in [2.24, 2.45) is 5.92 Å². The van der Waals surface area contributed by atoms with Crippen molar-refractivity contribution >= 4 is 5.82 Å². The van der Waals surface area contributed by atoms with Crippen molar-refractivity contribution < 1.29 is 8.78 Å². The Morgan fingerprint density at radius 3 is 2.73 bits per heavy atom. The molecule has 0 fully saturated rings. The molecule has 1 aromatic rings. The maximum absolute atomic E-state index is 13.1. The van der Waals surface area contributed by atoms with Gasteiger partial charge in [0.2, 0.25) is 0 Å². The van der Waals surface area contributed by atoms with E-state index in [1.165, 1.54) is 0 Å². The third kappa shape index (κ3) is 4.23. The molecule has 0 saturated carbocycles. The Bertz CT molecular complexity index is 313. The number of nitrogens with zero attached hydrogens (tertiary/aromatic N) is 1. The van der Waals surface area contributed by atoms with Crippen LogP contribution in [0, 0.1) is 17.6 Å². The molecule has 1 heterocycles. The van der Waals surface area contributed by atoms with Crippen molar-refractivity contribution in [1.82, 2.24) is 4.98 Å². The van der Waals surface area contributed by atoms with Gasteiger partial charge in [0.15, 0.2) is 11.6 Å². The Balaban J connectivity index is 2.37. The Labute approximate surface area is 88.7 Å². The van der Waals surface area contributed by atoms with Gasteiger partial charge >= 0.3 is 0 Å². The molecule has 0 aliphatic carbocycles. The Morgan fingerprint density at radius 2 is 2.13 bits per heavy atom. The molecule has 0 unspecified atom stereocenters. The predicted octanol–water partition coefficient (Wildman–Crippen LogP) is 3.21. The molecular formula is C11H16F2N2. The summed E-state index contributed by atoms with van der Waals surface area (Å²) in [6, 6.07) is 0.831. The average Bonchev–Trinajstić information content (AvgIpc) is 2.14. The summed E-state index contributed by atoms with van der Waals surface area (Å²) in [7, 11) is 0. The summed E-state index contributed by atoms with van der Waals surface area (Å²) in [6.45, 7) is 4.93. The smallest absolute Gasteiger partial charge is 0.168 e. The lowest BCUT2D eigenvalue weighted by atomic mass is 10.1. The lowest BCUT2D eigenvalue weighted by molar-refractivity contribution is 0.560. The normalized spacial score (nSPS) is 10.7. The van der Waals surface area contributed by atoms with Crippen molar-refractivity contribution in [2.75, 3.05) is 11.9 Å². The fourth-order valence-electron chi connectivity index (χ4n) is 1.26. The molecule has 1 rings (SSSR count). The van der Waals surface area contributed by atoms with Gasteiger partial charge in [-0.05, 0) is 18.8 Å². The largest absolute Gasteiger partial charge is 0.368 e. The van der Waals surface area contributed by atoms with Crippen molar-refractivity contribution in [3.05, 3.63) is 23.9 Å². The Kier molecular flexibility index (Phi) is 4.46. The minimum absolute atomic E-state index is 0.125. The van der Waals surface area contributed by atoms with E-state index >= 15 is 0 Å². The molecule has 0 aliphatic rings. The zero-order valence-electron chi connectivity index (χ0n) is 9.06. The third-order valence-electron chi connectivity index (χ3n) is 2.06. The van der Waals surface area contributed by atoms with E-state index < -0.39 is 11.6 Å². The number of nitrogens with one attached hydrogen (secondary N) is 1. The summed E-state index contributed by atoms with van der Waals surface area (Å²) in [5.41, 5.74) is 0. The molecule has 0 saturated heterocycles. The summed E-state index contributed by atoms with van der Waals surface area (Å²) in [5, 5.41) is 2.84. The highest BCUT2D eigenvalue weighted by Crippen LogP contribution is 2.11. The van der Waals surface area contributed by atoms with Crippen LogP contribution < -0.4 is 5.32 Å². The molecule has 0 spiro atoms. The summed E-state index contributed by atoms with van der Waals surface area (Å²) < 4.78 is 25.6. The van der Waals surface area contributed by atoms with Crippen molar-refractivity contribution in [3.8, 4) is 0 Å². The second kappa shape index (κ2) is 5.63. The van der Waals surface area contributed by atoms with E-state index in [-0.39, 0.29) is 5.82 Å². The topological polar surface area (TPSA) is 24.9 Å². The summed E-state index contributed by atoms with van der Waals surface area (Å²) >= 11 is 0. The monoisotopic (exact) mass is 214 g/mol. The SMILES string of the molecule is CC(C)CCCNc1ncc(F)cc1F. The van der Waals surface area contributed by atoms with Crippen LogP contribution in [-0.2, 0) is 0 Å². The van der Waals surface area contributed by atoms with Gasteiger partial charge in [0.05, 0.1) is 6.20 Å². The van der Waals surface area contributed by atoms with Gasteiger partial charge in [-0.2, -0.15) is 0 Å². The zero-order chi connectivity index (χ0) is 11.3. The lowest BCUT2D eigenvalue weighted by Crippen LogP contribution is -2.06. The van der Waals surface area contributed by atoms with Gasteiger partial charge in [-0.1, -0.05) is 13.8 Å². The number of halogens is 2. The number of anilines is 1. The lowest BCUT2D eigenvalue weighted by Gasteiger charge is -2.07. The molecular weight excluding hydrogens is 198 g/mol. The van der Waals surface area contributed by atoms with E-state index in [1.54, 1.807) is 0 Å². The molecule has 1 N–H and O–H groups in total. The standard InChI is InChI=1S/C11H16F2N2/c1-8(2)4-3-5-14-11-10(13)6-9(12)7-15-11/h6-8H,3-5H2,1-2H3,(H,14,15). The zero-order valence-corrected chi connectivity index (χ0v) is 9.06. The molecule has 0 atom stereocenters. The van der Waals surface area contributed by atoms with Crippen molar-refractivity contribution in [1.29, 1.82) is 0 Å². The highest BCUT2D eigenvalue weighted by atomic mass is 19.1. The van der Waals surface area contributed by atoms with Crippen LogP contribution in [0.15, 0.2) is 12.3 Å². The van der Waals surface area contributed by atoms with E-state index in [0.29, 0.717) is 12.5 Å². The fourth-order valence-corrected chi connectivity index (χ4v) is 1.26. The van der Waals surface area contributed by atoms with E-state index in [2.05, 4.69) is 24.1 Å². The second-order valence-electron chi connectivity index (χ2n) is 3.95. The molecule has 2 nitrogen and oxygen atoms in total. The molecule has 0 radical (unpaired) electrons. The van der Waals surface area contributed by atoms with Gasteiger partial charge in [-0.25, -0.2) is 13.8 Å². The van der Waals surface area contributed by atoms with E-state index in [4.69, 9.17) is 0 Å². The van der Waals surface area contributed by atoms with Gasteiger partial charge in [-0.15, -0.1) is 0 Å². The highest BCUT2D eigenvalue weighted by molar-refractivity contribution is 5.35. The summed E-state index contributed by atoms with van der Waals surface area (Å²) in [5.74, 6) is -0.530. The van der Waals surface area contributed by atoms with Crippen LogP contribution in [0.3, 0.4) is 0 Å². The fraction of sp³-hybridized carbons (Fsp3) is 0.545. The molecule has 0 bridgehead atoms. The first-order chi connectivity index (χ1) is 7.09. The molecule has 15 heavy (non-hydrogen) atoms. The number of hydrogen-bond acceptors (Lipinski definition) is 2. The van der Waals surface area contributed by atoms with Gasteiger partial charge < -0.3 is 5.32 Å². The number of hydrogen-bond donors (Lipinski definition) is 1. The number of rotatable bonds is 5. The Morgan fingerprint density at radius 1 is 1.40 bits per heavy atom. The molecule has 1 aromatic heterocycles.